The Bertz CT molecular complexity index is 1090. The fourth-order valence-electron chi connectivity index (χ4n) is 2.95. The molecular formula is C21H16F3N5O. The highest BCUT2D eigenvalue weighted by Crippen LogP contribution is 2.24. The second-order valence-corrected chi connectivity index (χ2v) is 6.50. The number of halogens is 3. The van der Waals surface area contributed by atoms with E-state index in [-0.39, 0.29) is 11.5 Å². The van der Waals surface area contributed by atoms with Crippen LogP contribution in [0.25, 0.3) is 16.9 Å². The molecule has 0 unspecified atom stereocenters. The molecule has 2 aromatic carbocycles. The Morgan fingerprint density at radius 2 is 1.60 bits per heavy atom. The van der Waals surface area contributed by atoms with E-state index in [9.17, 15) is 18.0 Å². The number of benzene rings is 2. The molecule has 0 saturated heterocycles. The van der Waals surface area contributed by atoms with E-state index in [2.05, 4.69) is 15.5 Å². The normalized spacial score (nSPS) is 11.4. The Hall–Kier alpha value is -3.88. The summed E-state index contributed by atoms with van der Waals surface area (Å²) in [7, 11) is 0. The fraction of sp³-hybridized carbons (Fsp3) is 0.0952. The number of anilines is 1. The average molecular weight is 411 g/mol. The lowest BCUT2D eigenvalue weighted by Crippen LogP contribution is -2.19. The number of rotatable bonds is 5. The maximum atomic E-state index is 12.7. The Labute approximate surface area is 169 Å². The number of amides is 1. The summed E-state index contributed by atoms with van der Waals surface area (Å²) >= 11 is 0. The fourth-order valence-corrected chi connectivity index (χ4v) is 2.95. The van der Waals surface area contributed by atoms with Gasteiger partial charge in [0.1, 0.15) is 6.54 Å². The van der Waals surface area contributed by atoms with Gasteiger partial charge in [0.15, 0.2) is 11.5 Å². The van der Waals surface area contributed by atoms with Crippen LogP contribution in [-0.2, 0) is 6.54 Å². The maximum absolute atomic E-state index is 12.7. The van der Waals surface area contributed by atoms with Gasteiger partial charge in [-0.3, -0.25) is 9.48 Å². The molecule has 2 heterocycles. The first-order valence-corrected chi connectivity index (χ1v) is 9.01. The van der Waals surface area contributed by atoms with Gasteiger partial charge in [0.05, 0.1) is 11.4 Å². The van der Waals surface area contributed by atoms with Crippen molar-refractivity contribution in [3.05, 3.63) is 84.7 Å². The number of para-hydroxylation sites is 1. The molecule has 0 radical (unpaired) electrons. The number of carbonyl (C=O) groups is 1. The number of nitrogens with one attached hydrogen (secondary N) is 1. The minimum absolute atomic E-state index is 0.0137. The SMILES string of the molecule is O=C(Nc1ccn(CC(F)(F)F)n1)c1cc(-c2ccccc2)n(-c2ccccc2)n1. The average Bonchev–Trinajstić information content (AvgIpc) is 3.35. The zero-order chi connectivity index (χ0) is 21.1. The third-order valence-electron chi connectivity index (χ3n) is 4.24. The zero-order valence-electron chi connectivity index (χ0n) is 15.5. The van der Waals surface area contributed by atoms with Crippen LogP contribution in [0.5, 0.6) is 0 Å². The van der Waals surface area contributed by atoms with Crippen LogP contribution in [0, 0.1) is 0 Å². The van der Waals surface area contributed by atoms with Gasteiger partial charge >= 0.3 is 6.18 Å². The van der Waals surface area contributed by atoms with Crippen molar-refractivity contribution >= 4 is 11.7 Å². The number of aromatic nitrogens is 4. The Morgan fingerprint density at radius 1 is 0.933 bits per heavy atom. The summed E-state index contributed by atoms with van der Waals surface area (Å²) in [6.45, 7) is -1.23. The quantitative estimate of drug-likeness (QED) is 0.524. The van der Waals surface area contributed by atoms with Crippen LogP contribution in [0.1, 0.15) is 10.5 Å². The van der Waals surface area contributed by atoms with Crippen LogP contribution in [0.15, 0.2) is 79.0 Å². The number of hydrogen-bond donors (Lipinski definition) is 1. The number of alkyl halides is 3. The Morgan fingerprint density at radius 3 is 2.27 bits per heavy atom. The van der Waals surface area contributed by atoms with Crippen molar-refractivity contribution in [2.24, 2.45) is 0 Å². The molecule has 0 saturated carbocycles. The molecule has 4 aromatic rings. The van der Waals surface area contributed by atoms with E-state index in [1.807, 2.05) is 60.7 Å². The molecule has 0 aliphatic carbocycles. The molecule has 0 atom stereocenters. The molecule has 0 fully saturated rings. The molecule has 1 N–H and O–H groups in total. The Balaban J connectivity index is 1.63. The zero-order valence-corrected chi connectivity index (χ0v) is 15.5. The van der Waals surface area contributed by atoms with Crippen molar-refractivity contribution in [3.63, 3.8) is 0 Å². The first-order chi connectivity index (χ1) is 14.4. The van der Waals surface area contributed by atoms with Crippen LogP contribution >= 0.6 is 0 Å². The van der Waals surface area contributed by atoms with Gasteiger partial charge in [-0.05, 0) is 18.2 Å². The van der Waals surface area contributed by atoms with Crippen molar-refractivity contribution in [1.29, 1.82) is 0 Å². The smallest absolute Gasteiger partial charge is 0.304 e. The molecule has 152 valence electrons. The number of nitrogens with zero attached hydrogens (tertiary/aromatic N) is 4. The van der Waals surface area contributed by atoms with Crippen molar-refractivity contribution in [2.45, 2.75) is 12.7 Å². The second kappa shape index (κ2) is 7.86. The minimum Gasteiger partial charge on any atom is -0.304 e. The molecule has 6 nitrogen and oxygen atoms in total. The predicted octanol–water partition coefficient (Wildman–Crippen LogP) is 4.55. The first-order valence-electron chi connectivity index (χ1n) is 9.01. The minimum atomic E-state index is -4.40. The van der Waals surface area contributed by atoms with Gasteiger partial charge in [-0.25, -0.2) is 4.68 Å². The van der Waals surface area contributed by atoms with Gasteiger partial charge in [-0.1, -0.05) is 48.5 Å². The highest BCUT2D eigenvalue weighted by molar-refractivity contribution is 6.03. The van der Waals surface area contributed by atoms with E-state index >= 15 is 0 Å². The van der Waals surface area contributed by atoms with Crippen LogP contribution < -0.4 is 5.32 Å². The maximum Gasteiger partial charge on any atom is 0.408 e. The molecule has 9 heteroatoms. The van der Waals surface area contributed by atoms with E-state index in [1.54, 1.807) is 10.7 Å². The van der Waals surface area contributed by atoms with Gasteiger partial charge < -0.3 is 5.32 Å². The Kier molecular flexibility index (Phi) is 5.09. The van der Waals surface area contributed by atoms with Crippen LogP contribution in [-0.4, -0.2) is 31.6 Å². The molecule has 0 spiro atoms. The van der Waals surface area contributed by atoms with E-state index in [1.165, 1.54) is 6.07 Å². The summed E-state index contributed by atoms with van der Waals surface area (Å²) < 4.78 is 39.8. The van der Waals surface area contributed by atoms with Gasteiger partial charge in [0.25, 0.3) is 5.91 Å². The molecule has 0 aliphatic rings. The molecular weight excluding hydrogens is 395 g/mol. The highest BCUT2D eigenvalue weighted by Gasteiger charge is 2.28. The lowest BCUT2D eigenvalue weighted by molar-refractivity contribution is -0.142. The topological polar surface area (TPSA) is 64.7 Å². The summed E-state index contributed by atoms with van der Waals surface area (Å²) in [4.78, 5) is 12.7. The summed E-state index contributed by atoms with van der Waals surface area (Å²) in [5, 5.41) is 10.6. The van der Waals surface area contributed by atoms with E-state index in [0.29, 0.717) is 10.4 Å². The van der Waals surface area contributed by atoms with Gasteiger partial charge in [-0.2, -0.15) is 23.4 Å². The third kappa shape index (κ3) is 4.40. The van der Waals surface area contributed by atoms with E-state index < -0.39 is 18.6 Å². The monoisotopic (exact) mass is 411 g/mol. The molecule has 30 heavy (non-hydrogen) atoms. The lowest BCUT2D eigenvalue weighted by atomic mass is 10.1. The van der Waals surface area contributed by atoms with Crippen molar-refractivity contribution in [2.75, 3.05) is 5.32 Å². The largest absolute Gasteiger partial charge is 0.408 e. The second-order valence-electron chi connectivity index (χ2n) is 6.50. The van der Waals surface area contributed by atoms with Gasteiger partial charge in [0, 0.05) is 17.8 Å². The van der Waals surface area contributed by atoms with E-state index in [0.717, 1.165) is 17.4 Å². The molecule has 1 amide bonds. The van der Waals surface area contributed by atoms with Crippen molar-refractivity contribution < 1.29 is 18.0 Å². The molecule has 0 aliphatic heterocycles. The lowest BCUT2D eigenvalue weighted by Gasteiger charge is -2.07. The number of carbonyl (C=O) groups excluding carboxylic acids is 1. The van der Waals surface area contributed by atoms with Gasteiger partial charge in [0.2, 0.25) is 0 Å². The third-order valence-corrected chi connectivity index (χ3v) is 4.24. The van der Waals surface area contributed by atoms with E-state index in [4.69, 9.17) is 0 Å². The van der Waals surface area contributed by atoms with Crippen LogP contribution in [0.4, 0.5) is 19.0 Å². The molecule has 4 rings (SSSR count). The first kappa shape index (κ1) is 19.4. The van der Waals surface area contributed by atoms with Gasteiger partial charge in [-0.15, -0.1) is 0 Å². The highest BCUT2D eigenvalue weighted by atomic mass is 19.4. The van der Waals surface area contributed by atoms with Crippen molar-refractivity contribution in [3.8, 4) is 16.9 Å². The predicted molar refractivity (Wildman–Crippen MR) is 105 cm³/mol. The molecule has 0 bridgehead atoms. The van der Waals surface area contributed by atoms with Crippen LogP contribution in [0.2, 0.25) is 0 Å². The summed E-state index contributed by atoms with van der Waals surface area (Å²) in [5.74, 6) is -0.557. The van der Waals surface area contributed by atoms with Crippen molar-refractivity contribution in [1.82, 2.24) is 19.6 Å². The summed E-state index contributed by atoms with van der Waals surface area (Å²) in [5.41, 5.74) is 2.45. The molecule has 2 aromatic heterocycles. The van der Waals surface area contributed by atoms with Crippen LogP contribution in [0.3, 0.4) is 0 Å². The standard InChI is InChI=1S/C21H16F3N5O/c22-21(23,24)14-28-12-11-19(27-28)25-20(30)17-13-18(15-7-3-1-4-8-15)29(26-17)16-9-5-2-6-10-16/h1-13H,14H2,(H,25,27,30). The summed E-state index contributed by atoms with van der Waals surface area (Å²) in [6, 6.07) is 21.7. The number of hydrogen-bond acceptors (Lipinski definition) is 3. The summed E-state index contributed by atoms with van der Waals surface area (Å²) in [6.07, 6.45) is -3.24.